The van der Waals surface area contributed by atoms with Crippen LogP contribution in [0.5, 0.6) is 5.75 Å². The summed E-state index contributed by atoms with van der Waals surface area (Å²) in [7, 11) is 1.58. The second-order valence-electron chi connectivity index (χ2n) is 4.88. The topological polar surface area (TPSA) is 55.6 Å². The van der Waals surface area contributed by atoms with E-state index < -0.39 is 0 Å². The summed E-state index contributed by atoms with van der Waals surface area (Å²) in [6, 6.07) is 13.3. The summed E-state index contributed by atoms with van der Waals surface area (Å²) >= 11 is 0. The molecule has 0 unspecified atom stereocenters. The summed E-state index contributed by atoms with van der Waals surface area (Å²) in [6.07, 6.45) is 0. The summed E-state index contributed by atoms with van der Waals surface area (Å²) in [6.45, 7) is 1.28. The standard InChI is InChI=1S/C16H16N2O2/c1-20-13-6-7-14(15(17)8-13)16(19)18-9-11-4-2-3-5-12(11)10-18/h2-8H,9-10,17H2,1H3. The molecule has 20 heavy (non-hydrogen) atoms. The van der Waals surface area contributed by atoms with Gasteiger partial charge >= 0.3 is 0 Å². The molecule has 1 amide bonds. The fourth-order valence-corrected chi connectivity index (χ4v) is 2.51. The van der Waals surface area contributed by atoms with E-state index in [0.29, 0.717) is 30.1 Å². The second-order valence-corrected chi connectivity index (χ2v) is 4.88. The van der Waals surface area contributed by atoms with Gasteiger partial charge in [-0.15, -0.1) is 0 Å². The lowest BCUT2D eigenvalue weighted by molar-refractivity contribution is 0.0752. The van der Waals surface area contributed by atoms with Crippen LogP contribution in [0, 0.1) is 0 Å². The first kappa shape index (κ1) is 12.5. The number of carbonyl (C=O) groups is 1. The first-order valence-corrected chi connectivity index (χ1v) is 6.48. The molecule has 0 saturated heterocycles. The zero-order valence-corrected chi connectivity index (χ0v) is 11.3. The van der Waals surface area contributed by atoms with E-state index in [4.69, 9.17) is 10.5 Å². The lowest BCUT2D eigenvalue weighted by Gasteiger charge is -2.17. The van der Waals surface area contributed by atoms with Crippen molar-refractivity contribution in [1.82, 2.24) is 4.90 Å². The van der Waals surface area contributed by atoms with Crippen molar-refractivity contribution in [3.63, 3.8) is 0 Å². The molecule has 3 rings (SSSR count). The SMILES string of the molecule is COc1ccc(C(=O)N2Cc3ccccc3C2)c(N)c1. The van der Waals surface area contributed by atoms with Gasteiger partial charge in [-0.2, -0.15) is 0 Å². The van der Waals surface area contributed by atoms with Gasteiger partial charge in [0.2, 0.25) is 0 Å². The van der Waals surface area contributed by atoms with E-state index in [1.54, 1.807) is 25.3 Å². The monoisotopic (exact) mass is 268 g/mol. The Kier molecular flexibility index (Phi) is 3.06. The highest BCUT2D eigenvalue weighted by atomic mass is 16.5. The maximum absolute atomic E-state index is 12.5. The number of anilines is 1. The molecule has 0 aliphatic carbocycles. The summed E-state index contributed by atoms with van der Waals surface area (Å²) in [5.74, 6) is 0.616. The van der Waals surface area contributed by atoms with Gasteiger partial charge in [-0.1, -0.05) is 24.3 Å². The van der Waals surface area contributed by atoms with E-state index >= 15 is 0 Å². The third kappa shape index (κ3) is 2.09. The van der Waals surface area contributed by atoms with Gasteiger partial charge in [-0.3, -0.25) is 4.79 Å². The number of ether oxygens (including phenoxy) is 1. The first-order chi connectivity index (χ1) is 9.69. The predicted octanol–water partition coefficient (Wildman–Crippen LogP) is 2.43. The molecule has 0 saturated carbocycles. The highest BCUT2D eigenvalue weighted by Crippen LogP contribution is 2.27. The van der Waals surface area contributed by atoms with Crippen LogP contribution in [0.2, 0.25) is 0 Å². The molecule has 4 heteroatoms. The van der Waals surface area contributed by atoms with Gasteiger partial charge in [0, 0.05) is 24.8 Å². The van der Waals surface area contributed by atoms with Crippen LogP contribution in [0.3, 0.4) is 0 Å². The molecular formula is C16H16N2O2. The molecule has 0 bridgehead atoms. The quantitative estimate of drug-likeness (QED) is 0.851. The number of methoxy groups -OCH3 is 1. The van der Waals surface area contributed by atoms with Crippen molar-refractivity contribution >= 4 is 11.6 Å². The van der Waals surface area contributed by atoms with Crippen molar-refractivity contribution in [2.45, 2.75) is 13.1 Å². The lowest BCUT2D eigenvalue weighted by Crippen LogP contribution is -2.26. The first-order valence-electron chi connectivity index (χ1n) is 6.48. The van der Waals surface area contributed by atoms with E-state index in [1.807, 2.05) is 17.0 Å². The molecule has 1 heterocycles. The highest BCUT2D eigenvalue weighted by molar-refractivity contribution is 5.99. The number of hydrogen-bond donors (Lipinski definition) is 1. The Morgan fingerprint density at radius 2 is 1.80 bits per heavy atom. The van der Waals surface area contributed by atoms with Crippen molar-refractivity contribution in [1.29, 1.82) is 0 Å². The molecular weight excluding hydrogens is 252 g/mol. The van der Waals surface area contributed by atoms with Crippen LogP contribution in [0.1, 0.15) is 21.5 Å². The Labute approximate surface area is 117 Å². The van der Waals surface area contributed by atoms with Crippen LogP contribution in [-0.4, -0.2) is 17.9 Å². The van der Waals surface area contributed by atoms with Gasteiger partial charge in [0.25, 0.3) is 5.91 Å². The normalized spacial score (nSPS) is 13.2. The highest BCUT2D eigenvalue weighted by Gasteiger charge is 2.25. The summed E-state index contributed by atoms with van der Waals surface area (Å²) in [5, 5.41) is 0. The molecule has 2 aromatic carbocycles. The molecule has 1 aliphatic heterocycles. The van der Waals surface area contributed by atoms with Crippen LogP contribution in [0.25, 0.3) is 0 Å². The summed E-state index contributed by atoms with van der Waals surface area (Å²) in [4.78, 5) is 14.3. The van der Waals surface area contributed by atoms with E-state index in [2.05, 4.69) is 12.1 Å². The third-order valence-electron chi connectivity index (χ3n) is 3.62. The van der Waals surface area contributed by atoms with Crippen molar-refractivity contribution in [3.05, 3.63) is 59.2 Å². The Morgan fingerprint density at radius 3 is 2.35 bits per heavy atom. The molecule has 0 spiro atoms. The maximum atomic E-state index is 12.5. The van der Waals surface area contributed by atoms with E-state index in [1.165, 1.54) is 11.1 Å². The molecule has 2 N–H and O–H groups in total. The lowest BCUT2D eigenvalue weighted by atomic mass is 10.1. The molecule has 1 aliphatic rings. The van der Waals surface area contributed by atoms with Crippen LogP contribution >= 0.6 is 0 Å². The fraction of sp³-hybridized carbons (Fsp3) is 0.188. The van der Waals surface area contributed by atoms with Crippen LogP contribution in [0.4, 0.5) is 5.69 Å². The Bertz CT molecular complexity index is 642. The number of benzene rings is 2. The van der Waals surface area contributed by atoms with Gasteiger partial charge in [0.15, 0.2) is 0 Å². The molecule has 0 atom stereocenters. The minimum absolute atomic E-state index is 0.0404. The van der Waals surface area contributed by atoms with E-state index in [-0.39, 0.29) is 5.91 Å². The minimum atomic E-state index is -0.0404. The molecule has 0 radical (unpaired) electrons. The van der Waals surface area contributed by atoms with Gasteiger partial charge < -0.3 is 15.4 Å². The molecule has 0 fully saturated rings. The maximum Gasteiger partial charge on any atom is 0.256 e. The fourth-order valence-electron chi connectivity index (χ4n) is 2.51. The third-order valence-corrected chi connectivity index (χ3v) is 3.62. The molecule has 4 nitrogen and oxygen atoms in total. The Hall–Kier alpha value is -2.49. The Balaban J connectivity index is 1.85. The molecule has 2 aromatic rings. The average molecular weight is 268 g/mol. The number of nitrogens with two attached hydrogens (primary N) is 1. The van der Waals surface area contributed by atoms with Crippen molar-refractivity contribution < 1.29 is 9.53 Å². The number of fused-ring (bicyclic) bond motifs is 1. The number of rotatable bonds is 2. The van der Waals surface area contributed by atoms with Crippen molar-refractivity contribution in [2.24, 2.45) is 0 Å². The van der Waals surface area contributed by atoms with Gasteiger partial charge in [0.1, 0.15) is 5.75 Å². The smallest absolute Gasteiger partial charge is 0.256 e. The van der Waals surface area contributed by atoms with Crippen molar-refractivity contribution in [3.8, 4) is 5.75 Å². The van der Waals surface area contributed by atoms with E-state index in [0.717, 1.165) is 0 Å². The number of nitrogen functional groups attached to an aromatic ring is 1. The van der Waals surface area contributed by atoms with Crippen LogP contribution < -0.4 is 10.5 Å². The number of amides is 1. The zero-order chi connectivity index (χ0) is 14.1. The van der Waals surface area contributed by atoms with E-state index in [9.17, 15) is 4.79 Å². The Morgan fingerprint density at radius 1 is 1.15 bits per heavy atom. The van der Waals surface area contributed by atoms with Crippen LogP contribution in [0.15, 0.2) is 42.5 Å². The van der Waals surface area contributed by atoms with Gasteiger partial charge in [0.05, 0.1) is 12.7 Å². The van der Waals surface area contributed by atoms with Crippen molar-refractivity contribution in [2.75, 3.05) is 12.8 Å². The number of hydrogen-bond acceptors (Lipinski definition) is 3. The van der Waals surface area contributed by atoms with Gasteiger partial charge in [-0.05, 0) is 23.3 Å². The second kappa shape index (κ2) is 4.89. The summed E-state index contributed by atoms with van der Waals surface area (Å²) in [5.41, 5.74) is 9.32. The average Bonchev–Trinajstić information content (AvgIpc) is 2.90. The van der Waals surface area contributed by atoms with Gasteiger partial charge in [-0.25, -0.2) is 0 Å². The molecule has 102 valence electrons. The largest absolute Gasteiger partial charge is 0.497 e. The minimum Gasteiger partial charge on any atom is -0.497 e. The molecule has 0 aromatic heterocycles. The zero-order valence-electron chi connectivity index (χ0n) is 11.3. The van der Waals surface area contributed by atoms with Crippen LogP contribution in [-0.2, 0) is 13.1 Å². The number of carbonyl (C=O) groups excluding carboxylic acids is 1. The summed E-state index contributed by atoms with van der Waals surface area (Å²) < 4.78 is 5.10. The predicted molar refractivity (Wildman–Crippen MR) is 77.4 cm³/mol. The number of nitrogens with zero attached hydrogens (tertiary/aromatic N) is 1.